The summed E-state index contributed by atoms with van der Waals surface area (Å²) < 4.78 is 0. The second-order valence-corrected chi connectivity index (χ2v) is 4.97. The van der Waals surface area contributed by atoms with Crippen molar-refractivity contribution in [3.05, 3.63) is 12.1 Å². The van der Waals surface area contributed by atoms with E-state index in [1.807, 2.05) is 0 Å². The van der Waals surface area contributed by atoms with Gasteiger partial charge in [-0.15, -0.1) is 5.98 Å². The quantitative estimate of drug-likeness (QED) is 0.234. The summed E-state index contributed by atoms with van der Waals surface area (Å²) in [6, 6.07) is 0. The van der Waals surface area contributed by atoms with Crippen LogP contribution in [-0.2, 0) is 0 Å². The Morgan fingerprint density at radius 3 is 2.38 bits per heavy atom. The summed E-state index contributed by atoms with van der Waals surface area (Å²) in [6.07, 6.45) is 6.38. The maximum atomic E-state index is 2.50. The van der Waals surface area contributed by atoms with Crippen LogP contribution in [0.5, 0.6) is 0 Å². The van der Waals surface area contributed by atoms with Crippen molar-refractivity contribution >= 4 is 71.4 Å². The Bertz CT molecular complexity index is 161. The third kappa shape index (κ3) is 10.9. The average Bonchev–Trinajstić information content (AvgIpc) is 2.31. The predicted octanol–water partition coefficient (Wildman–Crippen LogP) is -4.51. The molecule has 0 heterocycles. The molecule has 0 aliphatic heterocycles. The number of allylic oxidation sites excluding steroid dienone is 1. The third-order valence-corrected chi connectivity index (χ3v) is 3.24. The molecular formula is C6H22B10. The first-order valence-electron chi connectivity index (χ1n) is 7.51. The lowest BCUT2D eigenvalue weighted by Crippen LogP contribution is -2.40. The van der Waals surface area contributed by atoms with Gasteiger partial charge in [-0.3, -0.25) is 0 Å². The van der Waals surface area contributed by atoms with E-state index in [1.165, 1.54) is 68.7 Å². The van der Waals surface area contributed by atoms with Gasteiger partial charge < -0.3 is 0 Å². The van der Waals surface area contributed by atoms with Crippen molar-refractivity contribution in [3.8, 4) is 0 Å². The lowest BCUT2D eigenvalue weighted by molar-refractivity contribution is 0.815. The number of hydrogen-bond acceptors (Lipinski definition) is 0. The molecule has 0 saturated carbocycles. The highest BCUT2D eigenvalue weighted by Gasteiger charge is 2.11. The van der Waals surface area contributed by atoms with Gasteiger partial charge in [-0.1, -0.05) is 25.8 Å². The zero-order valence-electron chi connectivity index (χ0n) is 11.8. The van der Waals surface area contributed by atoms with E-state index in [0.717, 1.165) is 6.49 Å². The van der Waals surface area contributed by atoms with E-state index in [4.69, 9.17) is 0 Å². The molecular weight excluding hydrogens is 180 g/mol. The highest BCUT2D eigenvalue weighted by atomic mass is 13.8. The molecule has 0 aromatic heterocycles. The first kappa shape index (κ1) is 16.4. The van der Waals surface area contributed by atoms with Crippen LogP contribution in [0.15, 0.2) is 12.1 Å². The Labute approximate surface area is 110 Å². The summed E-state index contributed by atoms with van der Waals surface area (Å²) in [5.41, 5.74) is 0. The van der Waals surface area contributed by atoms with Gasteiger partial charge in [-0.25, -0.2) is 0 Å². The van der Waals surface area contributed by atoms with Gasteiger partial charge in [0.15, 0.2) is 0 Å². The molecule has 0 radical (unpaired) electrons. The Balaban J connectivity index is 3.74. The lowest BCUT2D eigenvalue weighted by atomic mass is 8.82. The van der Waals surface area contributed by atoms with Crippen molar-refractivity contribution in [2.24, 2.45) is 0 Å². The second-order valence-electron chi connectivity index (χ2n) is 4.97. The molecule has 76 valence electrons. The highest BCUT2D eigenvalue weighted by Crippen LogP contribution is 1.95. The fourth-order valence-electron chi connectivity index (χ4n) is 2.07. The standard InChI is InChI=1S/C6H22B10/c1-2-3-4-5-6-16(14-12-10-8)15-13-11-9-7/h5-6,9-15H,2-4,7-8H2,1H3. The molecule has 0 atom stereocenters. The fraction of sp³-hybridized carbons (Fsp3) is 0.667. The smallest absolute Gasteiger partial charge is 0.0813 e. The van der Waals surface area contributed by atoms with Crippen LogP contribution < -0.4 is 0 Å². The summed E-state index contributed by atoms with van der Waals surface area (Å²) in [7, 11) is 14.3. The molecule has 0 nitrogen and oxygen atoms in total. The maximum absolute atomic E-state index is 2.50. The van der Waals surface area contributed by atoms with Crippen molar-refractivity contribution in [1.29, 1.82) is 0 Å². The minimum absolute atomic E-state index is 0.864. The van der Waals surface area contributed by atoms with Crippen LogP contribution in [0.1, 0.15) is 26.2 Å². The van der Waals surface area contributed by atoms with E-state index in [9.17, 15) is 0 Å². The molecule has 0 spiro atoms. The Morgan fingerprint density at radius 1 is 1.06 bits per heavy atom. The molecule has 0 aliphatic rings. The maximum Gasteiger partial charge on any atom is 0.0813 e. The molecule has 0 saturated heterocycles. The largest absolute Gasteiger partial charge is 0.137 e. The van der Waals surface area contributed by atoms with Gasteiger partial charge in [0.25, 0.3) is 0 Å². The van der Waals surface area contributed by atoms with Crippen molar-refractivity contribution in [2.75, 3.05) is 0 Å². The van der Waals surface area contributed by atoms with Crippen LogP contribution >= 0.6 is 0 Å². The van der Waals surface area contributed by atoms with E-state index in [2.05, 4.69) is 34.4 Å². The van der Waals surface area contributed by atoms with Gasteiger partial charge in [-0.05, 0) is 6.42 Å². The van der Waals surface area contributed by atoms with E-state index < -0.39 is 0 Å². The fourth-order valence-corrected chi connectivity index (χ4v) is 2.07. The minimum atomic E-state index is 0.864. The van der Waals surface area contributed by atoms with E-state index in [1.54, 1.807) is 0 Å². The summed E-state index contributed by atoms with van der Waals surface area (Å²) in [6.45, 7) is 3.13. The second kappa shape index (κ2) is 13.5. The van der Waals surface area contributed by atoms with Crippen LogP contribution in [-0.4, -0.2) is 71.4 Å². The SMILES string of the molecule is BBBBBB(BBBB)C=CCCCC. The molecule has 10 heteroatoms. The van der Waals surface area contributed by atoms with Crippen LogP contribution in [0, 0.1) is 0 Å². The molecule has 0 aromatic rings. The first-order chi connectivity index (χ1) is 7.85. The molecule has 0 fully saturated rings. The molecule has 0 N–H and O–H groups in total. The lowest BCUT2D eigenvalue weighted by Gasteiger charge is -2.04. The number of hydrogen-bond donors (Lipinski definition) is 0. The molecule has 0 bridgehead atoms. The van der Waals surface area contributed by atoms with Crippen LogP contribution in [0.3, 0.4) is 0 Å². The average molecular weight is 202 g/mol. The molecule has 0 aliphatic carbocycles. The number of rotatable bonds is 11. The van der Waals surface area contributed by atoms with Crippen LogP contribution in [0.4, 0.5) is 0 Å². The van der Waals surface area contributed by atoms with E-state index in [-0.39, 0.29) is 0 Å². The van der Waals surface area contributed by atoms with Gasteiger partial charge in [0.2, 0.25) is 0 Å². The van der Waals surface area contributed by atoms with Gasteiger partial charge in [0.05, 0.1) is 22.0 Å². The van der Waals surface area contributed by atoms with Crippen molar-refractivity contribution in [2.45, 2.75) is 26.2 Å². The minimum Gasteiger partial charge on any atom is -0.137 e. The normalized spacial score (nSPS) is 9.31. The van der Waals surface area contributed by atoms with Gasteiger partial charge in [0.1, 0.15) is 0 Å². The predicted molar refractivity (Wildman–Crippen MR) is 102 cm³/mol. The van der Waals surface area contributed by atoms with Crippen molar-refractivity contribution in [3.63, 3.8) is 0 Å². The molecule has 0 amide bonds. The van der Waals surface area contributed by atoms with Crippen molar-refractivity contribution < 1.29 is 0 Å². The highest BCUT2D eigenvalue weighted by molar-refractivity contribution is 7.73. The van der Waals surface area contributed by atoms with Crippen LogP contribution in [0.25, 0.3) is 0 Å². The Kier molecular flexibility index (Phi) is 13.8. The monoisotopic (exact) mass is 204 g/mol. The van der Waals surface area contributed by atoms with E-state index in [0.29, 0.717) is 0 Å². The van der Waals surface area contributed by atoms with Gasteiger partial charge >= 0.3 is 0 Å². The Morgan fingerprint density at radius 2 is 1.75 bits per heavy atom. The summed E-state index contributed by atoms with van der Waals surface area (Å²) in [5.74, 6) is 2.50. The number of unbranched alkanes of at least 4 members (excludes halogenated alkanes) is 2. The van der Waals surface area contributed by atoms with Crippen LogP contribution in [0.2, 0.25) is 0 Å². The zero-order chi connectivity index (χ0) is 12.1. The topological polar surface area (TPSA) is 0 Å². The van der Waals surface area contributed by atoms with Gasteiger partial charge in [0, 0.05) is 49.4 Å². The molecule has 16 heavy (non-hydrogen) atoms. The summed E-state index contributed by atoms with van der Waals surface area (Å²) in [5, 5.41) is 0. The summed E-state index contributed by atoms with van der Waals surface area (Å²) in [4.78, 5) is 0. The summed E-state index contributed by atoms with van der Waals surface area (Å²) >= 11 is 0. The Hall–Kier alpha value is 0.389. The first-order valence-corrected chi connectivity index (χ1v) is 7.51. The third-order valence-electron chi connectivity index (χ3n) is 3.24. The zero-order valence-corrected chi connectivity index (χ0v) is 11.8. The molecule has 0 aromatic carbocycles. The van der Waals surface area contributed by atoms with E-state index >= 15 is 0 Å². The molecule has 0 rings (SSSR count). The van der Waals surface area contributed by atoms with Crippen molar-refractivity contribution in [1.82, 2.24) is 0 Å². The molecule has 0 unspecified atom stereocenters. The van der Waals surface area contributed by atoms with Gasteiger partial charge in [-0.2, -0.15) is 0 Å².